The highest BCUT2D eigenvalue weighted by molar-refractivity contribution is 5.46. The van der Waals surface area contributed by atoms with Crippen molar-refractivity contribution >= 4 is 0 Å². The van der Waals surface area contributed by atoms with Gasteiger partial charge in [0.2, 0.25) is 0 Å². The Morgan fingerprint density at radius 1 is 0.615 bits per heavy atom. The van der Waals surface area contributed by atoms with Crippen molar-refractivity contribution in [2.24, 2.45) is 27.5 Å². The van der Waals surface area contributed by atoms with Crippen molar-refractivity contribution in [2.45, 2.75) is 56.0 Å². The fourth-order valence-electron chi connectivity index (χ4n) is 7.68. The summed E-state index contributed by atoms with van der Waals surface area (Å²) in [5.41, 5.74) is 2.85. The van der Waals surface area contributed by atoms with Crippen molar-refractivity contribution in [3.8, 4) is 0 Å². The topological polar surface area (TPSA) is 24.7 Å². The van der Waals surface area contributed by atoms with Crippen LogP contribution in [0.2, 0.25) is 0 Å². The summed E-state index contributed by atoms with van der Waals surface area (Å²) in [4.78, 5) is 0. The van der Waals surface area contributed by atoms with Crippen LogP contribution in [0.5, 0.6) is 0 Å². The Bertz CT molecular complexity index is 787. The average Bonchev–Trinajstić information content (AvgIpc) is 3.47. The van der Waals surface area contributed by atoms with E-state index in [0.29, 0.717) is 11.8 Å². The minimum atomic E-state index is -0.0955. The molecular weight excluding hydrogens is 316 g/mol. The highest BCUT2D eigenvalue weighted by atomic mass is 15.3. The van der Waals surface area contributed by atoms with Crippen molar-refractivity contribution < 1.29 is 0 Å². The third-order valence-corrected chi connectivity index (χ3v) is 8.30. The van der Waals surface area contributed by atoms with E-state index < -0.39 is 0 Å². The summed E-state index contributed by atoms with van der Waals surface area (Å²) in [5, 5.41) is 10.5. The van der Waals surface area contributed by atoms with Crippen molar-refractivity contribution in [1.29, 1.82) is 0 Å². The lowest BCUT2D eigenvalue weighted by molar-refractivity contribution is 0.0995. The monoisotopic (exact) mass is 342 g/mol. The fourth-order valence-corrected chi connectivity index (χ4v) is 7.68. The first-order valence-electron chi connectivity index (χ1n) is 10.4. The van der Waals surface area contributed by atoms with Crippen LogP contribution in [0.15, 0.2) is 70.9 Å². The Kier molecular flexibility index (Phi) is 2.94. The smallest absolute Gasteiger partial charge is 0.118 e. The second-order valence-corrected chi connectivity index (χ2v) is 8.90. The van der Waals surface area contributed by atoms with Gasteiger partial charge in [0.1, 0.15) is 11.1 Å². The van der Waals surface area contributed by atoms with Gasteiger partial charge in [0.15, 0.2) is 0 Å². The van der Waals surface area contributed by atoms with Crippen LogP contribution in [0.4, 0.5) is 0 Å². The number of azo groups is 1. The van der Waals surface area contributed by atoms with Crippen molar-refractivity contribution in [3.05, 3.63) is 71.8 Å². The van der Waals surface area contributed by atoms with E-state index in [1.54, 1.807) is 0 Å². The number of benzene rings is 2. The van der Waals surface area contributed by atoms with Crippen LogP contribution >= 0.6 is 0 Å². The molecule has 2 heteroatoms. The molecule has 6 rings (SSSR count). The second kappa shape index (κ2) is 5.06. The van der Waals surface area contributed by atoms with Gasteiger partial charge in [0.05, 0.1) is 0 Å². The van der Waals surface area contributed by atoms with Crippen LogP contribution < -0.4 is 0 Å². The van der Waals surface area contributed by atoms with E-state index in [4.69, 9.17) is 10.2 Å². The maximum Gasteiger partial charge on any atom is 0.118 e. The Morgan fingerprint density at radius 2 is 1.08 bits per heavy atom. The molecule has 1 aliphatic heterocycles. The van der Waals surface area contributed by atoms with Gasteiger partial charge in [-0.2, -0.15) is 10.2 Å². The van der Waals surface area contributed by atoms with Gasteiger partial charge in [0.25, 0.3) is 0 Å². The predicted molar refractivity (Wildman–Crippen MR) is 103 cm³/mol. The molecule has 2 aromatic carbocycles. The summed E-state index contributed by atoms with van der Waals surface area (Å²) in [7, 11) is 0. The molecule has 0 aromatic heterocycles. The van der Waals surface area contributed by atoms with E-state index in [1.165, 1.54) is 56.1 Å². The normalized spacial score (nSPS) is 38.9. The van der Waals surface area contributed by atoms with Gasteiger partial charge in [-0.3, -0.25) is 0 Å². The first kappa shape index (κ1) is 15.1. The van der Waals surface area contributed by atoms with Crippen LogP contribution in [-0.2, 0) is 11.1 Å². The Labute approximate surface area is 155 Å². The van der Waals surface area contributed by atoms with Crippen LogP contribution in [0.25, 0.3) is 0 Å². The highest BCUT2D eigenvalue weighted by Crippen LogP contribution is 2.81. The maximum absolute atomic E-state index is 5.26. The van der Waals surface area contributed by atoms with Crippen LogP contribution in [-0.4, -0.2) is 0 Å². The van der Waals surface area contributed by atoms with Crippen LogP contribution in [0.1, 0.15) is 56.1 Å². The third kappa shape index (κ3) is 1.45. The van der Waals surface area contributed by atoms with E-state index >= 15 is 0 Å². The number of hydrogen-bond donors (Lipinski definition) is 0. The van der Waals surface area contributed by atoms with E-state index in [1.807, 2.05) is 0 Å². The van der Waals surface area contributed by atoms with Gasteiger partial charge < -0.3 is 0 Å². The SMILES string of the molecule is c1ccc([C@@]23N=N[C@@](c4ccccc4)([C@H]4CCC[C@H]42)C32CCCC2)cc1. The minimum Gasteiger partial charge on any atom is -0.181 e. The molecule has 0 N–H and O–H groups in total. The maximum atomic E-state index is 5.26. The predicted octanol–water partition coefficient (Wildman–Crippen LogP) is 6.23. The number of rotatable bonds is 2. The van der Waals surface area contributed by atoms with E-state index in [-0.39, 0.29) is 16.5 Å². The van der Waals surface area contributed by atoms with Gasteiger partial charge in [-0.15, -0.1) is 0 Å². The lowest BCUT2D eigenvalue weighted by atomic mass is 9.58. The van der Waals surface area contributed by atoms with Crippen molar-refractivity contribution in [2.75, 3.05) is 0 Å². The summed E-state index contributed by atoms with van der Waals surface area (Å²) in [6.45, 7) is 0. The van der Waals surface area contributed by atoms with Gasteiger partial charge in [-0.1, -0.05) is 79.9 Å². The first-order valence-corrected chi connectivity index (χ1v) is 10.4. The summed E-state index contributed by atoms with van der Waals surface area (Å²) >= 11 is 0. The zero-order valence-corrected chi connectivity index (χ0v) is 15.3. The van der Waals surface area contributed by atoms with Crippen LogP contribution in [0, 0.1) is 17.3 Å². The van der Waals surface area contributed by atoms with Crippen LogP contribution in [0.3, 0.4) is 0 Å². The van der Waals surface area contributed by atoms with Gasteiger partial charge in [0, 0.05) is 5.41 Å². The molecular formula is C24H26N2. The molecule has 0 unspecified atom stereocenters. The second-order valence-electron chi connectivity index (χ2n) is 8.90. The van der Waals surface area contributed by atoms with Gasteiger partial charge >= 0.3 is 0 Å². The molecule has 3 fully saturated rings. The zero-order valence-electron chi connectivity index (χ0n) is 15.3. The number of nitrogens with zero attached hydrogens (tertiary/aromatic N) is 2. The highest BCUT2D eigenvalue weighted by Gasteiger charge is 2.81. The molecule has 2 aromatic rings. The molecule has 2 nitrogen and oxygen atoms in total. The number of fused-ring (bicyclic) bond motifs is 3. The number of hydrogen-bond acceptors (Lipinski definition) is 2. The van der Waals surface area contributed by atoms with Gasteiger partial charge in [-0.05, 0) is 48.6 Å². The molecule has 4 aliphatic rings. The quantitative estimate of drug-likeness (QED) is 0.618. The van der Waals surface area contributed by atoms with Crippen molar-refractivity contribution in [3.63, 3.8) is 0 Å². The lowest BCUT2D eigenvalue weighted by Crippen LogP contribution is -2.47. The minimum absolute atomic E-state index is 0.0955. The first-order chi connectivity index (χ1) is 12.9. The Balaban J connectivity index is 1.68. The van der Waals surface area contributed by atoms with E-state index in [9.17, 15) is 0 Å². The Morgan fingerprint density at radius 3 is 1.54 bits per heavy atom. The van der Waals surface area contributed by atoms with E-state index in [2.05, 4.69) is 60.7 Å². The lowest BCUT2D eigenvalue weighted by Gasteiger charge is -2.44. The zero-order chi connectivity index (χ0) is 17.2. The summed E-state index contributed by atoms with van der Waals surface area (Å²) in [6, 6.07) is 22.4. The average molecular weight is 342 g/mol. The molecule has 3 saturated carbocycles. The molecule has 1 spiro atoms. The van der Waals surface area contributed by atoms with Gasteiger partial charge in [-0.25, -0.2) is 0 Å². The molecule has 0 saturated heterocycles. The molecule has 132 valence electrons. The largest absolute Gasteiger partial charge is 0.181 e. The molecule has 4 atom stereocenters. The summed E-state index contributed by atoms with van der Waals surface area (Å²) < 4.78 is 0. The van der Waals surface area contributed by atoms with E-state index in [0.717, 1.165) is 0 Å². The molecule has 3 aliphatic carbocycles. The standard InChI is InChI=1S/C24H26N2/c1-3-10-18(11-4-1)23-20-14-9-15-21(20)24(26-25-23,19-12-5-2-6-13-19)22(23)16-7-8-17-22/h1-6,10-13,20-21H,7-9,14-17H2/t20-,21+,23-,24+. The fraction of sp³-hybridized carbons (Fsp3) is 0.500. The third-order valence-electron chi connectivity index (χ3n) is 8.30. The molecule has 2 bridgehead atoms. The van der Waals surface area contributed by atoms with Crippen molar-refractivity contribution in [1.82, 2.24) is 0 Å². The molecule has 1 heterocycles. The molecule has 0 radical (unpaired) electrons. The summed E-state index contributed by atoms with van der Waals surface area (Å²) in [5.74, 6) is 1.31. The molecule has 0 amide bonds. The molecule has 26 heavy (non-hydrogen) atoms. The Hall–Kier alpha value is -1.96. The summed E-state index contributed by atoms with van der Waals surface area (Å²) in [6.07, 6.45) is 9.17.